The number of rotatable bonds is 6. The Morgan fingerprint density at radius 2 is 1.49 bits per heavy atom. The van der Waals surface area contributed by atoms with Crippen LogP contribution in [0.1, 0.15) is 49.3 Å². The third-order valence-electron chi connectivity index (χ3n) is 5.95. The first-order valence-corrected chi connectivity index (χ1v) is 11.5. The second kappa shape index (κ2) is 10.7. The molecule has 0 unspecified atom stereocenters. The Morgan fingerprint density at radius 1 is 0.657 bits per heavy atom. The normalized spacial score (nSPS) is 10.9. The molecule has 4 aromatic rings. The van der Waals surface area contributed by atoms with Gasteiger partial charge in [-0.2, -0.15) is 0 Å². The topological polar surface area (TPSA) is 0 Å². The standard InChI is InChI=1S/C30H23F5/c1-2-3-4-5-6-19-7-10-21(26(31)15-19)11-8-20-9-13-24(27(32)16-20)22-12-14-25-23(17-22)18-28(33)30(35)29(25)34/h7,9-10,12-18H,2-6H2,1H3. The molecular weight excluding hydrogens is 455 g/mol. The highest BCUT2D eigenvalue weighted by atomic mass is 19.2. The third-order valence-corrected chi connectivity index (χ3v) is 5.95. The first kappa shape index (κ1) is 24.5. The van der Waals surface area contributed by atoms with Crippen LogP contribution in [0.3, 0.4) is 0 Å². The van der Waals surface area contributed by atoms with E-state index >= 15 is 0 Å². The fourth-order valence-corrected chi connectivity index (χ4v) is 4.01. The lowest BCUT2D eigenvalue weighted by atomic mass is 9.99. The van der Waals surface area contributed by atoms with Crippen LogP contribution in [0.15, 0.2) is 60.7 Å². The molecular formula is C30H23F5. The maximum Gasteiger partial charge on any atom is 0.195 e. The summed E-state index contributed by atoms with van der Waals surface area (Å²) in [5, 5.41) is 0.0241. The fourth-order valence-electron chi connectivity index (χ4n) is 4.01. The number of unbranched alkanes of at least 4 members (excludes halogenated alkanes) is 3. The minimum atomic E-state index is -1.54. The molecule has 0 atom stereocenters. The van der Waals surface area contributed by atoms with Crippen molar-refractivity contribution < 1.29 is 22.0 Å². The van der Waals surface area contributed by atoms with E-state index in [-0.39, 0.29) is 21.9 Å². The smallest absolute Gasteiger partial charge is 0.195 e. The van der Waals surface area contributed by atoms with Gasteiger partial charge in [-0.25, -0.2) is 22.0 Å². The summed E-state index contributed by atoms with van der Waals surface area (Å²) >= 11 is 0. The van der Waals surface area contributed by atoms with E-state index in [1.54, 1.807) is 12.1 Å². The van der Waals surface area contributed by atoms with Crippen molar-refractivity contribution in [2.75, 3.05) is 0 Å². The Morgan fingerprint density at radius 3 is 2.23 bits per heavy atom. The van der Waals surface area contributed by atoms with E-state index in [0.717, 1.165) is 37.3 Å². The number of hydrogen-bond acceptors (Lipinski definition) is 0. The van der Waals surface area contributed by atoms with Gasteiger partial charge in [-0.3, -0.25) is 0 Å². The van der Waals surface area contributed by atoms with E-state index in [9.17, 15) is 22.0 Å². The van der Waals surface area contributed by atoms with Gasteiger partial charge in [0.1, 0.15) is 11.6 Å². The molecule has 4 rings (SSSR count). The molecule has 0 spiro atoms. The van der Waals surface area contributed by atoms with Crippen LogP contribution in [0.5, 0.6) is 0 Å². The molecule has 0 saturated heterocycles. The van der Waals surface area contributed by atoms with Crippen molar-refractivity contribution in [3.05, 3.63) is 106 Å². The van der Waals surface area contributed by atoms with Gasteiger partial charge < -0.3 is 0 Å². The maximum absolute atomic E-state index is 14.8. The van der Waals surface area contributed by atoms with E-state index in [2.05, 4.69) is 18.8 Å². The number of halogens is 5. The summed E-state index contributed by atoms with van der Waals surface area (Å²) < 4.78 is 70.3. The number of benzene rings is 4. The fraction of sp³-hybridized carbons (Fsp3) is 0.200. The van der Waals surface area contributed by atoms with Crippen LogP contribution >= 0.6 is 0 Å². The van der Waals surface area contributed by atoms with Gasteiger partial charge in [0, 0.05) is 16.5 Å². The first-order valence-electron chi connectivity index (χ1n) is 11.5. The molecule has 0 saturated carbocycles. The van der Waals surface area contributed by atoms with Crippen LogP contribution < -0.4 is 0 Å². The van der Waals surface area contributed by atoms with Crippen LogP contribution in [0, 0.1) is 40.9 Å². The summed E-state index contributed by atoms with van der Waals surface area (Å²) in [7, 11) is 0. The number of aryl methyl sites for hydroxylation is 1. The summed E-state index contributed by atoms with van der Waals surface area (Å²) in [6, 6.07) is 14.3. The molecule has 0 N–H and O–H groups in total. The van der Waals surface area contributed by atoms with Crippen molar-refractivity contribution in [3.8, 4) is 23.0 Å². The average Bonchev–Trinajstić information content (AvgIpc) is 2.84. The molecule has 0 aliphatic heterocycles. The zero-order chi connectivity index (χ0) is 24.9. The molecule has 0 radical (unpaired) electrons. The van der Waals surface area contributed by atoms with Crippen LogP contribution in [0.2, 0.25) is 0 Å². The number of hydrogen-bond donors (Lipinski definition) is 0. The summed E-state index contributed by atoms with van der Waals surface area (Å²) in [6.07, 6.45) is 5.27. The van der Waals surface area contributed by atoms with E-state index in [1.165, 1.54) is 42.8 Å². The summed E-state index contributed by atoms with van der Waals surface area (Å²) in [4.78, 5) is 0. The molecule has 4 aromatic carbocycles. The van der Waals surface area contributed by atoms with Gasteiger partial charge in [-0.1, -0.05) is 62.3 Å². The summed E-state index contributed by atoms with van der Waals surface area (Å²) in [5.41, 5.74) is 2.09. The lowest BCUT2D eigenvalue weighted by Crippen LogP contribution is -1.93. The average molecular weight is 479 g/mol. The van der Waals surface area contributed by atoms with Crippen molar-refractivity contribution in [2.45, 2.75) is 39.0 Å². The highest BCUT2D eigenvalue weighted by Gasteiger charge is 2.15. The summed E-state index contributed by atoms with van der Waals surface area (Å²) in [6.45, 7) is 2.14. The second-order valence-electron chi connectivity index (χ2n) is 8.49. The SMILES string of the molecule is CCCCCCc1ccc(C#Cc2ccc(-c3ccc4c(F)c(F)c(F)cc4c3)c(F)c2)c(F)c1. The zero-order valence-electron chi connectivity index (χ0n) is 19.2. The Balaban J connectivity index is 1.54. The molecule has 0 nitrogen and oxygen atoms in total. The lowest BCUT2D eigenvalue weighted by Gasteiger charge is -2.08. The van der Waals surface area contributed by atoms with Gasteiger partial charge in [0.2, 0.25) is 0 Å². The van der Waals surface area contributed by atoms with Crippen LogP contribution in [0.4, 0.5) is 22.0 Å². The van der Waals surface area contributed by atoms with Crippen molar-refractivity contribution in [1.82, 2.24) is 0 Å². The van der Waals surface area contributed by atoms with E-state index in [0.29, 0.717) is 11.1 Å². The quantitative estimate of drug-likeness (QED) is 0.112. The van der Waals surface area contributed by atoms with Crippen molar-refractivity contribution in [3.63, 3.8) is 0 Å². The van der Waals surface area contributed by atoms with Gasteiger partial charge >= 0.3 is 0 Å². The van der Waals surface area contributed by atoms with Gasteiger partial charge in [0.25, 0.3) is 0 Å². The van der Waals surface area contributed by atoms with Gasteiger partial charge in [0.15, 0.2) is 17.5 Å². The van der Waals surface area contributed by atoms with E-state index in [4.69, 9.17) is 0 Å². The minimum absolute atomic E-state index is 0.0930. The van der Waals surface area contributed by atoms with Crippen LogP contribution in [-0.4, -0.2) is 0 Å². The van der Waals surface area contributed by atoms with Crippen molar-refractivity contribution in [2.24, 2.45) is 0 Å². The van der Waals surface area contributed by atoms with Crippen LogP contribution in [0.25, 0.3) is 21.9 Å². The largest absolute Gasteiger partial charge is 0.206 e. The molecule has 0 aliphatic carbocycles. The predicted octanol–water partition coefficient (Wildman–Crippen LogP) is 8.72. The molecule has 178 valence electrons. The summed E-state index contributed by atoms with van der Waals surface area (Å²) in [5.74, 6) is 0.391. The molecule has 0 heterocycles. The molecule has 35 heavy (non-hydrogen) atoms. The molecule has 0 fully saturated rings. The van der Waals surface area contributed by atoms with E-state index in [1.807, 2.05) is 6.07 Å². The second-order valence-corrected chi connectivity index (χ2v) is 8.49. The van der Waals surface area contributed by atoms with Gasteiger partial charge in [-0.15, -0.1) is 0 Å². The van der Waals surface area contributed by atoms with E-state index < -0.39 is 29.1 Å². The predicted molar refractivity (Wildman–Crippen MR) is 129 cm³/mol. The Labute approximate surface area is 201 Å². The molecule has 0 aliphatic rings. The van der Waals surface area contributed by atoms with Gasteiger partial charge in [0.05, 0.1) is 5.56 Å². The lowest BCUT2D eigenvalue weighted by molar-refractivity contribution is 0.453. The zero-order valence-corrected chi connectivity index (χ0v) is 19.2. The highest BCUT2D eigenvalue weighted by Crippen LogP contribution is 2.30. The number of fused-ring (bicyclic) bond motifs is 1. The molecule has 0 aromatic heterocycles. The van der Waals surface area contributed by atoms with Gasteiger partial charge in [-0.05, 0) is 65.8 Å². The third kappa shape index (κ3) is 5.54. The Hall–Kier alpha value is -3.65. The first-order chi connectivity index (χ1) is 16.9. The molecule has 5 heteroatoms. The Kier molecular flexibility index (Phi) is 7.51. The Bertz CT molecular complexity index is 1440. The molecule has 0 bridgehead atoms. The minimum Gasteiger partial charge on any atom is -0.206 e. The highest BCUT2D eigenvalue weighted by molar-refractivity contribution is 5.88. The van der Waals surface area contributed by atoms with Crippen LogP contribution in [-0.2, 0) is 6.42 Å². The maximum atomic E-state index is 14.8. The molecule has 0 amide bonds. The van der Waals surface area contributed by atoms with Crippen molar-refractivity contribution in [1.29, 1.82) is 0 Å². The monoisotopic (exact) mass is 478 g/mol. The van der Waals surface area contributed by atoms with Crippen molar-refractivity contribution >= 4 is 10.8 Å².